The van der Waals surface area contributed by atoms with Gasteiger partial charge in [0, 0.05) is 33.0 Å². The quantitative estimate of drug-likeness (QED) is 0.594. The van der Waals surface area contributed by atoms with Crippen molar-refractivity contribution in [2.24, 2.45) is 11.3 Å². The average molecular weight is 345 g/mol. The third kappa shape index (κ3) is 10.1. The second kappa shape index (κ2) is 11.7. The molecule has 1 aliphatic rings. The summed E-state index contributed by atoms with van der Waals surface area (Å²) in [5.74, 6) is -0.108. The van der Waals surface area contributed by atoms with Gasteiger partial charge in [-0.2, -0.15) is 0 Å². The van der Waals surface area contributed by atoms with Crippen LogP contribution in [0, 0.1) is 11.3 Å². The van der Waals surface area contributed by atoms with Gasteiger partial charge in [0.05, 0.1) is 11.8 Å². The number of esters is 1. The number of aliphatic hydroxyl groups excluding tert-OH is 1. The van der Waals surface area contributed by atoms with E-state index in [9.17, 15) is 19.2 Å². The SMILES string of the molecule is CC(=O)C(C)(C)C(=O)CCO.CC(C)C(=O)N(C)C.O=C1CCO1. The van der Waals surface area contributed by atoms with Gasteiger partial charge in [-0.25, -0.2) is 0 Å². The Morgan fingerprint density at radius 2 is 1.67 bits per heavy atom. The number of aliphatic hydroxyl groups is 1. The summed E-state index contributed by atoms with van der Waals surface area (Å²) in [6.07, 6.45) is 0.687. The van der Waals surface area contributed by atoms with Gasteiger partial charge in [-0.15, -0.1) is 0 Å². The molecular formula is C17H31NO6. The molecule has 0 atom stereocenters. The highest BCUT2D eigenvalue weighted by molar-refractivity contribution is 6.05. The normalized spacial score (nSPS) is 12.6. The van der Waals surface area contributed by atoms with Crippen LogP contribution >= 0.6 is 0 Å². The molecule has 24 heavy (non-hydrogen) atoms. The molecule has 0 aromatic rings. The molecule has 1 rings (SSSR count). The average Bonchev–Trinajstić information content (AvgIpc) is 2.45. The standard InChI is InChI=1S/C8H14O3.C6H13NO.C3H4O2/c1-6(10)8(2,3)7(11)4-5-9;1-5(2)6(8)7(3)4;4-3-1-2-5-3/h9H,4-5H2,1-3H3;5H,1-4H3;1-2H2. The number of Topliss-reactive ketones (excluding diaryl/α,β-unsaturated/α-hetero) is 2. The van der Waals surface area contributed by atoms with Crippen LogP contribution in [0.5, 0.6) is 0 Å². The number of carbonyl (C=O) groups excluding carboxylic acids is 4. The lowest BCUT2D eigenvalue weighted by Gasteiger charge is -2.18. The molecule has 1 fully saturated rings. The molecular weight excluding hydrogens is 314 g/mol. The fourth-order valence-electron chi connectivity index (χ4n) is 1.31. The van der Waals surface area contributed by atoms with Crippen LogP contribution in [0.4, 0.5) is 0 Å². The molecule has 0 aromatic carbocycles. The summed E-state index contributed by atoms with van der Waals surface area (Å²) < 4.78 is 4.29. The van der Waals surface area contributed by atoms with Crippen LogP contribution in [0.15, 0.2) is 0 Å². The van der Waals surface area contributed by atoms with Crippen LogP contribution in [0.2, 0.25) is 0 Å². The van der Waals surface area contributed by atoms with Crippen molar-refractivity contribution in [3.05, 3.63) is 0 Å². The highest BCUT2D eigenvalue weighted by Gasteiger charge is 2.31. The molecule has 1 amide bonds. The summed E-state index contributed by atoms with van der Waals surface area (Å²) in [5, 5.41) is 8.45. The van der Waals surface area contributed by atoms with E-state index in [1.54, 1.807) is 32.8 Å². The van der Waals surface area contributed by atoms with Crippen molar-refractivity contribution in [3.8, 4) is 0 Å². The van der Waals surface area contributed by atoms with E-state index in [2.05, 4.69) is 4.74 Å². The number of hydrogen-bond acceptors (Lipinski definition) is 6. The Labute approximate surface area is 144 Å². The highest BCUT2D eigenvalue weighted by atomic mass is 16.6. The smallest absolute Gasteiger partial charge is 0.309 e. The van der Waals surface area contributed by atoms with Crippen LogP contribution in [0.25, 0.3) is 0 Å². The Morgan fingerprint density at radius 1 is 1.25 bits per heavy atom. The van der Waals surface area contributed by atoms with E-state index in [1.807, 2.05) is 13.8 Å². The number of amides is 1. The maximum atomic E-state index is 11.1. The first-order valence-corrected chi connectivity index (χ1v) is 7.89. The summed E-state index contributed by atoms with van der Waals surface area (Å²) in [7, 11) is 3.53. The third-order valence-corrected chi connectivity index (χ3v) is 3.42. The third-order valence-electron chi connectivity index (χ3n) is 3.42. The number of carbonyl (C=O) groups is 4. The second-order valence-electron chi connectivity index (χ2n) is 6.44. The minimum Gasteiger partial charge on any atom is -0.465 e. The number of ketones is 2. The molecule has 7 heteroatoms. The largest absolute Gasteiger partial charge is 0.465 e. The molecule has 0 saturated carbocycles. The Hall–Kier alpha value is -1.76. The minimum absolute atomic E-state index is 0.0621. The van der Waals surface area contributed by atoms with Crippen molar-refractivity contribution in [1.29, 1.82) is 0 Å². The van der Waals surface area contributed by atoms with Crippen molar-refractivity contribution in [1.82, 2.24) is 4.90 Å². The van der Waals surface area contributed by atoms with Gasteiger partial charge in [0.1, 0.15) is 18.2 Å². The number of hydrogen-bond donors (Lipinski definition) is 1. The van der Waals surface area contributed by atoms with Gasteiger partial charge in [-0.1, -0.05) is 13.8 Å². The van der Waals surface area contributed by atoms with E-state index >= 15 is 0 Å². The molecule has 1 aliphatic heterocycles. The number of cyclic esters (lactones) is 1. The van der Waals surface area contributed by atoms with Gasteiger partial charge in [-0.05, 0) is 20.8 Å². The molecule has 7 nitrogen and oxygen atoms in total. The molecule has 0 spiro atoms. The molecule has 0 radical (unpaired) electrons. The van der Waals surface area contributed by atoms with Gasteiger partial charge in [0.2, 0.25) is 5.91 Å². The van der Waals surface area contributed by atoms with Crippen LogP contribution < -0.4 is 0 Å². The molecule has 140 valence electrons. The van der Waals surface area contributed by atoms with Gasteiger partial charge in [-0.3, -0.25) is 19.2 Å². The van der Waals surface area contributed by atoms with E-state index in [0.717, 1.165) is 0 Å². The number of rotatable bonds is 5. The minimum atomic E-state index is -0.928. The zero-order valence-corrected chi connectivity index (χ0v) is 15.8. The topological polar surface area (TPSA) is 101 Å². The van der Waals surface area contributed by atoms with Crippen molar-refractivity contribution < 1.29 is 29.0 Å². The van der Waals surface area contributed by atoms with Gasteiger partial charge in [0.15, 0.2) is 0 Å². The molecule has 0 aliphatic carbocycles. The maximum absolute atomic E-state index is 11.1. The first-order chi connectivity index (χ1) is 10.9. The summed E-state index contributed by atoms with van der Waals surface area (Å²) in [4.78, 5) is 44.1. The predicted octanol–water partition coefficient (Wildman–Crippen LogP) is 1.22. The first kappa shape index (κ1) is 24.5. The molecule has 1 saturated heterocycles. The number of ether oxygens (including phenoxy) is 1. The molecule has 1 N–H and O–H groups in total. The van der Waals surface area contributed by atoms with Crippen LogP contribution in [0.1, 0.15) is 47.5 Å². The lowest BCUT2D eigenvalue weighted by atomic mass is 9.83. The fraction of sp³-hybridized carbons (Fsp3) is 0.765. The zero-order valence-electron chi connectivity index (χ0n) is 15.8. The summed E-state index contributed by atoms with van der Waals surface area (Å²) >= 11 is 0. The summed E-state index contributed by atoms with van der Waals surface area (Å²) in [6, 6.07) is 0. The Kier molecular flexibility index (Phi) is 12.0. The van der Waals surface area contributed by atoms with Gasteiger partial charge < -0.3 is 14.7 Å². The van der Waals surface area contributed by atoms with Gasteiger partial charge >= 0.3 is 5.97 Å². The number of nitrogens with zero attached hydrogens (tertiary/aromatic N) is 1. The van der Waals surface area contributed by atoms with Crippen molar-refractivity contribution >= 4 is 23.4 Å². The molecule has 1 heterocycles. The molecule has 0 bridgehead atoms. The van der Waals surface area contributed by atoms with E-state index in [0.29, 0.717) is 13.0 Å². The fourth-order valence-corrected chi connectivity index (χ4v) is 1.31. The van der Waals surface area contributed by atoms with E-state index in [-0.39, 0.29) is 42.4 Å². The Morgan fingerprint density at radius 3 is 1.79 bits per heavy atom. The summed E-state index contributed by atoms with van der Waals surface area (Å²) in [5.41, 5.74) is -0.928. The summed E-state index contributed by atoms with van der Waals surface area (Å²) in [6.45, 7) is 8.77. The lowest BCUT2D eigenvalue weighted by molar-refractivity contribution is -0.157. The Bertz CT molecular complexity index is 424. The second-order valence-corrected chi connectivity index (χ2v) is 6.44. The van der Waals surface area contributed by atoms with Crippen molar-refractivity contribution in [2.75, 3.05) is 27.3 Å². The van der Waals surface area contributed by atoms with E-state index in [1.165, 1.54) is 6.92 Å². The van der Waals surface area contributed by atoms with Crippen molar-refractivity contribution in [3.63, 3.8) is 0 Å². The van der Waals surface area contributed by atoms with Crippen LogP contribution in [-0.4, -0.2) is 60.8 Å². The highest BCUT2D eigenvalue weighted by Crippen LogP contribution is 2.19. The monoisotopic (exact) mass is 345 g/mol. The molecule has 0 unspecified atom stereocenters. The van der Waals surface area contributed by atoms with Crippen molar-refractivity contribution in [2.45, 2.75) is 47.5 Å². The molecule has 0 aromatic heterocycles. The van der Waals surface area contributed by atoms with Crippen LogP contribution in [-0.2, 0) is 23.9 Å². The maximum Gasteiger partial charge on any atom is 0.309 e. The zero-order chi connectivity index (χ0) is 19.5. The van der Waals surface area contributed by atoms with E-state index in [4.69, 9.17) is 5.11 Å². The first-order valence-electron chi connectivity index (χ1n) is 7.89. The van der Waals surface area contributed by atoms with Gasteiger partial charge in [0.25, 0.3) is 0 Å². The van der Waals surface area contributed by atoms with Crippen LogP contribution in [0.3, 0.4) is 0 Å². The van der Waals surface area contributed by atoms with E-state index < -0.39 is 5.41 Å². The predicted molar refractivity (Wildman–Crippen MR) is 90.3 cm³/mol. The Balaban J connectivity index is 0. The lowest BCUT2D eigenvalue weighted by Crippen LogP contribution is -2.32.